The number of nitrogens with one attached hydrogen (secondary N) is 3. The molecule has 2 heterocycles. The summed E-state index contributed by atoms with van der Waals surface area (Å²) in [5, 5.41) is 10.4. The standard InChI is InChI=1S/C23H30N4O4/c1-5-29-18-9-6-8-17-14-19(31-21(17)18)16(3)27-23(24-4)26-12-7-11-25-22(28)20-15(2)10-13-30-20/h6,8-10,13-14,16H,5,7,11-12H2,1-4H3,(H,25,28)(H2,24,26,27). The van der Waals surface area contributed by atoms with E-state index in [1.165, 1.54) is 6.26 Å². The van der Waals surface area contributed by atoms with E-state index in [0.717, 1.165) is 34.5 Å². The maximum atomic E-state index is 12.0. The van der Waals surface area contributed by atoms with Crippen molar-refractivity contribution in [2.75, 3.05) is 26.7 Å². The van der Waals surface area contributed by atoms with Gasteiger partial charge in [-0.2, -0.15) is 0 Å². The van der Waals surface area contributed by atoms with Crippen LogP contribution in [0.3, 0.4) is 0 Å². The second-order valence-corrected chi connectivity index (χ2v) is 7.16. The summed E-state index contributed by atoms with van der Waals surface area (Å²) < 4.78 is 16.9. The molecule has 0 aliphatic carbocycles. The number of carbonyl (C=O) groups is 1. The van der Waals surface area contributed by atoms with Crippen molar-refractivity contribution in [2.45, 2.75) is 33.2 Å². The molecule has 0 aliphatic rings. The third-order valence-electron chi connectivity index (χ3n) is 4.83. The number of ether oxygens (including phenoxy) is 1. The predicted octanol–water partition coefficient (Wildman–Crippen LogP) is 3.78. The fourth-order valence-corrected chi connectivity index (χ4v) is 3.19. The molecule has 1 atom stereocenters. The minimum atomic E-state index is -0.199. The summed E-state index contributed by atoms with van der Waals surface area (Å²) >= 11 is 0. The molecule has 3 rings (SSSR count). The first-order valence-corrected chi connectivity index (χ1v) is 10.5. The lowest BCUT2D eigenvalue weighted by Crippen LogP contribution is -2.39. The van der Waals surface area contributed by atoms with Crippen LogP contribution in [0.25, 0.3) is 11.0 Å². The molecule has 1 aromatic carbocycles. The number of rotatable bonds is 9. The Labute approximate surface area is 182 Å². The Balaban J connectivity index is 1.47. The molecule has 166 valence electrons. The summed E-state index contributed by atoms with van der Waals surface area (Å²) in [6.45, 7) is 7.57. The molecule has 8 nitrogen and oxygen atoms in total. The van der Waals surface area contributed by atoms with Gasteiger partial charge in [-0.15, -0.1) is 0 Å². The lowest BCUT2D eigenvalue weighted by Gasteiger charge is -2.16. The Hall–Kier alpha value is -3.42. The fraction of sp³-hybridized carbons (Fsp3) is 0.391. The molecule has 2 aromatic heterocycles. The van der Waals surface area contributed by atoms with E-state index in [-0.39, 0.29) is 11.9 Å². The minimum Gasteiger partial charge on any atom is -0.490 e. The van der Waals surface area contributed by atoms with Gasteiger partial charge in [-0.25, -0.2) is 0 Å². The van der Waals surface area contributed by atoms with Crippen LogP contribution in [-0.2, 0) is 0 Å². The van der Waals surface area contributed by atoms with Gasteiger partial charge in [-0.1, -0.05) is 12.1 Å². The first-order chi connectivity index (χ1) is 15.0. The van der Waals surface area contributed by atoms with Gasteiger partial charge in [-0.05, 0) is 45.4 Å². The Kier molecular flexibility index (Phi) is 7.59. The molecule has 3 N–H and O–H groups in total. The highest BCUT2D eigenvalue weighted by Crippen LogP contribution is 2.31. The summed E-state index contributed by atoms with van der Waals surface area (Å²) in [5.74, 6) is 2.36. The minimum absolute atomic E-state index is 0.0882. The molecule has 0 saturated carbocycles. The number of guanidine groups is 1. The molecule has 31 heavy (non-hydrogen) atoms. The molecular weight excluding hydrogens is 396 g/mol. The average Bonchev–Trinajstić information content (AvgIpc) is 3.39. The van der Waals surface area contributed by atoms with Crippen molar-refractivity contribution in [1.29, 1.82) is 0 Å². The molecule has 0 saturated heterocycles. The second-order valence-electron chi connectivity index (χ2n) is 7.16. The first-order valence-electron chi connectivity index (χ1n) is 10.5. The number of carbonyl (C=O) groups excluding carboxylic acids is 1. The van der Waals surface area contributed by atoms with Crippen molar-refractivity contribution < 1.29 is 18.4 Å². The van der Waals surface area contributed by atoms with Gasteiger partial charge in [0.15, 0.2) is 23.1 Å². The van der Waals surface area contributed by atoms with Crippen LogP contribution in [0.1, 0.15) is 48.2 Å². The first kappa shape index (κ1) is 22.3. The van der Waals surface area contributed by atoms with Gasteiger partial charge in [0.25, 0.3) is 5.91 Å². The van der Waals surface area contributed by atoms with E-state index in [0.29, 0.717) is 31.4 Å². The number of amides is 1. The van der Waals surface area contributed by atoms with Gasteiger partial charge < -0.3 is 29.5 Å². The van der Waals surface area contributed by atoms with Crippen LogP contribution >= 0.6 is 0 Å². The summed E-state index contributed by atoms with van der Waals surface area (Å²) in [6.07, 6.45) is 2.26. The highest BCUT2D eigenvalue weighted by atomic mass is 16.5. The number of nitrogens with zero attached hydrogens (tertiary/aromatic N) is 1. The van der Waals surface area contributed by atoms with Crippen LogP contribution < -0.4 is 20.7 Å². The quantitative estimate of drug-likeness (QED) is 0.273. The fourth-order valence-electron chi connectivity index (χ4n) is 3.19. The van der Waals surface area contributed by atoms with Crippen molar-refractivity contribution in [3.8, 4) is 5.75 Å². The van der Waals surface area contributed by atoms with E-state index < -0.39 is 0 Å². The SMILES string of the molecule is CCOc1cccc2cc(C(C)NC(=NC)NCCCNC(=O)c3occc3C)oc12. The van der Waals surface area contributed by atoms with Gasteiger partial charge in [0.1, 0.15) is 5.76 Å². The van der Waals surface area contributed by atoms with Gasteiger partial charge in [0.2, 0.25) is 0 Å². The Morgan fingerprint density at radius 2 is 2.03 bits per heavy atom. The number of aryl methyl sites for hydroxylation is 1. The Bertz CT molecular complexity index is 1040. The van der Waals surface area contributed by atoms with E-state index in [2.05, 4.69) is 20.9 Å². The predicted molar refractivity (Wildman–Crippen MR) is 121 cm³/mol. The summed E-state index contributed by atoms with van der Waals surface area (Å²) in [5.41, 5.74) is 1.58. The number of fused-ring (bicyclic) bond motifs is 1. The van der Waals surface area contributed by atoms with Gasteiger partial charge in [0, 0.05) is 31.1 Å². The largest absolute Gasteiger partial charge is 0.490 e. The van der Waals surface area contributed by atoms with Crippen molar-refractivity contribution in [2.24, 2.45) is 4.99 Å². The van der Waals surface area contributed by atoms with Crippen LogP contribution in [0.4, 0.5) is 0 Å². The number of aliphatic imine (C=N–C) groups is 1. The van der Waals surface area contributed by atoms with E-state index in [1.807, 2.05) is 45.0 Å². The molecule has 8 heteroatoms. The monoisotopic (exact) mass is 426 g/mol. The number of hydrogen-bond donors (Lipinski definition) is 3. The number of para-hydroxylation sites is 1. The van der Waals surface area contributed by atoms with E-state index in [1.54, 1.807) is 13.1 Å². The van der Waals surface area contributed by atoms with Crippen LogP contribution in [0, 0.1) is 6.92 Å². The summed E-state index contributed by atoms with van der Waals surface area (Å²) in [7, 11) is 1.72. The van der Waals surface area contributed by atoms with Crippen LogP contribution in [0.15, 0.2) is 50.4 Å². The van der Waals surface area contributed by atoms with E-state index >= 15 is 0 Å². The van der Waals surface area contributed by atoms with Gasteiger partial charge >= 0.3 is 0 Å². The van der Waals surface area contributed by atoms with Crippen LogP contribution in [0.2, 0.25) is 0 Å². The third-order valence-corrected chi connectivity index (χ3v) is 4.83. The molecule has 1 unspecified atom stereocenters. The summed E-state index contributed by atoms with van der Waals surface area (Å²) in [4.78, 5) is 16.3. The van der Waals surface area contributed by atoms with Crippen molar-refractivity contribution >= 4 is 22.8 Å². The zero-order chi connectivity index (χ0) is 22.2. The molecule has 1 amide bonds. The molecule has 3 aromatic rings. The van der Waals surface area contributed by atoms with E-state index in [4.69, 9.17) is 13.6 Å². The Morgan fingerprint density at radius 1 is 1.23 bits per heavy atom. The van der Waals surface area contributed by atoms with Crippen molar-refractivity contribution in [3.63, 3.8) is 0 Å². The van der Waals surface area contributed by atoms with Crippen molar-refractivity contribution in [1.82, 2.24) is 16.0 Å². The zero-order valence-corrected chi connectivity index (χ0v) is 18.5. The maximum absolute atomic E-state index is 12.0. The molecule has 0 radical (unpaired) electrons. The lowest BCUT2D eigenvalue weighted by atomic mass is 10.2. The van der Waals surface area contributed by atoms with E-state index in [9.17, 15) is 4.79 Å². The maximum Gasteiger partial charge on any atom is 0.287 e. The number of hydrogen-bond acceptors (Lipinski definition) is 5. The van der Waals surface area contributed by atoms with Crippen LogP contribution in [-0.4, -0.2) is 38.6 Å². The number of furan rings is 2. The van der Waals surface area contributed by atoms with Crippen molar-refractivity contribution in [3.05, 3.63) is 53.7 Å². The normalized spacial score (nSPS) is 12.6. The second kappa shape index (κ2) is 10.6. The molecule has 0 fully saturated rings. The van der Waals surface area contributed by atoms with Crippen LogP contribution in [0.5, 0.6) is 5.75 Å². The smallest absolute Gasteiger partial charge is 0.287 e. The third kappa shape index (κ3) is 5.59. The topological polar surface area (TPSA) is 101 Å². The average molecular weight is 427 g/mol. The number of benzene rings is 1. The molecule has 0 spiro atoms. The molecule has 0 aliphatic heterocycles. The lowest BCUT2D eigenvalue weighted by molar-refractivity contribution is 0.0925. The highest BCUT2D eigenvalue weighted by Gasteiger charge is 2.15. The van der Waals surface area contributed by atoms with Gasteiger partial charge in [0.05, 0.1) is 18.9 Å². The molecule has 0 bridgehead atoms. The summed E-state index contributed by atoms with van der Waals surface area (Å²) in [6, 6.07) is 9.56. The molecular formula is C23H30N4O4. The van der Waals surface area contributed by atoms with Gasteiger partial charge in [-0.3, -0.25) is 9.79 Å². The zero-order valence-electron chi connectivity index (χ0n) is 18.5. The highest BCUT2D eigenvalue weighted by molar-refractivity contribution is 5.92. The Morgan fingerprint density at radius 3 is 2.74 bits per heavy atom.